The van der Waals surface area contributed by atoms with Crippen LogP contribution in [0.3, 0.4) is 0 Å². The number of hydrogen-bond acceptors (Lipinski definition) is 2. The summed E-state index contributed by atoms with van der Waals surface area (Å²) in [6.07, 6.45) is 0. The highest BCUT2D eigenvalue weighted by Gasteiger charge is 2.48. The summed E-state index contributed by atoms with van der Waals surface area (Å²) < 4.78 is 6.87. The largest absolute Gasteiger partial charge is 0.456 e. The Morgan fingerprint density at radius 1 is 0.333 bits per heavy atom. The van der Waals surface area contributed by atoms with E-state index in [-0.39, 0.29) is 0 Å². The van der Waals surface area contributed by atoms with Crippen molar-refractivity contribution in [2.24, 2.45) is 0 Å². The lowest BCUT2D eigenvalue weighted by Crippen LogP contribution is -2.29. The van der Waals surface area contributed by atoms with E-state index < -0.39 is 5.41 Å². The molecule has 0 bridgehead atoms. The van der Waals surface area contributed by atoms with Gasteiger partial charge < -0.3 is 9.32 Å². The molecule has 1 aliphatic rings. The predicted octanol–water partition coefficient (Wildman–Crippen LogP) is 14.8. The van der Waals surface area contributed by atoms with Crippen LogP contribution in [0.4, 0.5) is 17.1 Å². The van der Waals surface area contributed by atoms with E-state index in [2.05, 4.69) is 229 Å². The molecule has 1 aliphatic carbocycles. The number of anilines is 3. The van der Waals surface area contributed by atoms with Gasteiger partial charge in [0, 0.05) is 33.4 Å². The smallest absolute Gasteiger partial charge is 0.140 e. The third kappa shape index (κ3) is 5.26. The maximum Gasteiger partial charge on any atom is 0.140 e. The third-order valence-electron chi connectivity index (χ3n) is 11.8. The molecule has 11 rings (SSSR count). The summed E-state index contributed by atoms with van der Waals surface area (Å²) in [5, 5.41) is 2.25. The molecule has 9 aromatic carbocycles. The summed E-state index contributed by atoms with van der Waals surface area (Å²) in [7, 11) is 0. The fourth-order valence-electron chi connectivity index (χ4n) is 9.21. The molecule has 0 saturated carbocycles. The molecule has 0 radical (unpaired) electrons. The Hall–Kier alpha value is -7.42. The number of fused-ring (bicyclic) bond motifs is 6. The number of para-hydroxylation sites is 2. The van der Waals surface area contributed by atoms with Gasteiger partial charge in [0.25, 0.3) is 0 Å². The number of hydrogen-bond donors (Lipinski definition) is 0. The molecule has 0 N–H and O–H groups in total. The number of benzene rings is 9. The molecular formula is C55H37NO. The first-order valence-electron chi connectivity index (χ1n) is 19.6. The second-order valence-electron chi connectivity index (χ2n) is 14.8. The molecule has 0 amide bonds. The Balaban J connectivity index is 1.16. The molecule has 1 unspecified atom stereocenters. The van der Waals surface area contributed by atoms with Gasteiger partial charge in [0.2, 0.25) is 0 Å². The fourth-order valence-corrected chi connectivity index (χ4v) is 9.21. The molecule has 57 heavy (non-hydrogen) atoms. The van der Waals surface area contributed by atoms with Gasteiger partial charge in [0.1, 0.15) is 11.2 Å². The van der Waals surface area contributed by atoms with Crippen molar-refractivity contribution in [2.75, 3.05) is 4.90 Å². The standard InChI is InChI=1S/C55H37NO/c1-4-15-38(16-5-1)40-27-31-43(32-28-40)56(44-33-29-41(30-34-44)39-17-6-2-7-18-39)45-35-36-47-46-21-10-12-24-50(46)55(52(47)37-45,42-19-8-3-9-20-42)51-25-14-23-49-48-22-11-13-26-53(48)57-54(49)51/h1-37H. The van der Waals surface area contributed by atoms with Crippen LogP contribution >= 0.6 is 0 Å². The van der Waals surface area contributed by atoms with Crippen LogP contribution in [0.2, 0.25) is 0 Å². The molecule has 2 heteroatoms. The van der Waals surface area contributed by atoms with Crippen molar-refractivity contribution < 1.29 is 4.42 Å². The van der Waals surface area contributed by atoms with Gasteiger partial charge >= 0.3 is 0 Å². The second-order valence-corrected chi connectivity index (χ2v) is 14.8. The van der Waals surface area contributed by atoms with Gasteiger partial charge in [0.05, 0.1) is 5.41 Å². The summed E-state index contributed by atoms with van der Waals surface area (Å²) in [4.78, 5) is 2.39. The number of nitrogens with zero attached hydrogens (tertiary/aromatic N) is 1. The van der Waals surface area contributed by atoms with E-state index in [1.165, 1.54) is 50.1 Å². The van der Waals surface area contributed by atoms with Crippen LogP contribution in [-0.4, -0.2) is 0 Å². The van der Waals surface area contributed by atoms with E-state index in [0.29, 0.717) is 0 Å². The molecule has 2 nitrogen and oxygen atoms in total. The van der Waals surface area contributed by atoms with Crippen LogP contribution in [0.5, 0.6) is 0 Å². The maximum atomic E-state index is 6.87. The van der Waals surface area contributed by atoms with Gasteiger partial charge in [-0.3, -0.25) is 0 Å². The first-order valence-corrected chi connectivity index (χ1v) is 19.6. The van der Waals surface area contributed by atoms with Crippen molar-refractivity contribution in [1.82, 2.24) is 0 Å². The van der Waals surface area contributed by atoms with Crippen molar-refractivity contribution in [1.29, 1.82) is 0 Å². The molecule has 1 atom stereocenters. The van der Waals surface area contributed by atoms with Gasteiger partial charge in [-0.2, -0.15) is 0 Å². The Morgan fingerprint density at radius 2 is 0.825 bits per heavy atom. The first kappa shape index (κ1) is 33.0. The summed E-state index contributed by atoms with van der Waals surface area (Å²) in [6.45, 7) is 0. The zero-order chi connectivity index (χ0) is 37.8. The van der Waals surface area contributed by atoms with E-state index in [1.807, 2.05) is 0 Å². The summed E-state index contributed by atoms with van der Waals surface area (Å²) in [5.74, 6) is 0. The molecule has 1 aromatic heterocycles. The quantitative estimate of drug-likeness (QED) is 0.163. The monoisotopic (exact) mass is 727 g/mol. The average Bonchev–Trinajstić information content (AvgIpc) is 3.82. The lowest BCUT2D eigenvalue weighted by Gasteiger charge is -2.35. The molecule has 1 heterocycles. The SMILES string of the molecule is c1ccc(-c2ccc(N(c3ccc(-c4ccccc4)cc3)c3ccc4c(c3)C(c3ccccc3)(c3cccc5c3oc3ccccc35)c3ccccc3-4)cc2)cc1. The van der Waals surface area contributed by atoms with Crippen LogP contribution in [0.15, 0.2) is 229 Å². The van der Waals surface area contributed by atoms with Gasteiger partial charge in [-0.05, 0) is 92.5 Å². The Bertz CT molecular complexity index is 2960. The third-order valence-corrected chi connectivity index (χ3v) is 11.8. The van der Waals surface area contributed by atoms with Gasteiger partial charge in [-0.1, -0.05) is 182 Å². The van der Waals surface area contributed by atoms with Crippen LogP contribution in [0.25, 0.3) is 55.3 Å². The van der Waals surface area contributed by atoms with E-state index in [9.17, 15) is 0 Å². The predicted molar refractivity (Wildman–Crippen MR) is 237 cm³/mol. The Labute approximate surface area is 332 Å². The van der Waals surface area contributed by atoms with E-state index in [0.717, 1.165) is 44.6 Å². The number of furan rings is 1. The minimum absolute atomic E-state index is 0.656. The maximum absolute atomic E-state index is 6.87. The van der Waals surface area contributed by atoms with Crippen molar-refractivity contribution in [3.05, 3.63) is 247 Å². The lowest BCUT2D eigenvalue weighted by molar-refractivity contribution is 0.648. The van der Waals surface area contributed by atoms with Crippen LogP contribution in [0, 0.1) is 0 Å². The summed E-state index contributed by atoms with van der Waals surface area (Å²) in [5.41, 5.74) is 16.5. The molecule has 0 spiro atoms. The number of rotatable bonds is 7. The lowest BCUT2D eigenvalue weighted by atomic mass is 9.67. The zero-order valence-corrected chi connectivity index (χ0v) is 31.2. The first-order chi connectivity index (χ1) is 28.3. The van der Waals surface area contributed by atoms with E-state index in [1.54, 1.807) is 0 Å². The van der Waals surface area contributed by atoms with Crippen molar-refractivity contribution >= 4 is 39.0 Å². The van der Waals surface area contributed by atoms with Crippen molar-refractivity contribution in [3.8, 4) is 33.4 Å². The molecule has 10 aromatic rings. The Morgan fingerprint density at radius 3 is 1.49 bits per heavy atom. The average molecular weight is 728 g/mol. The van der Waals surface area contributed by atoms with Crippen LogP contribution in [-0.2, 0) is 5.41 Å². The fraction of sp³-hybridized carbons (Fsp3) is 0.0182. The van der Waals surface area contributed by atoms with E-state index in [4.69, 9.17) is 4.42 Å². The van der Waals surface area contributed by atoms with Crippen molar-refractivity contribution in [2.45, 2.75) is 5.41 Å². The topological polar surface area (TPSA) is 16.4 Å². The van der Waals surface area contributed by atoms with Crippen LogP contribution < -0.4 is 4.90 Å². The molecule has 0 aliphatic heterocycles. The van der Waals surface area contributed by atoms with Gasteiger partial charge in [0.15, 0.2) is 0 Å². The van der Waals surface area contributed by atoms with Gasteiger partial charge in [-0.25, -0.2) is 0 Å². The van der Waals surface area contributed by atoms with Crippen LogP contribution in [0.1, 0.15) is 22.3 Å². The normalized spacial score (nSPS) is 14.4. The highest BCUT2D eigenvalue weighted by Crippen LogP contribution is 2.58. The van der Waals surface area contributed by atoms with Crippen molar-refractivity contribution in [3.63, 3.8) is 0 Å². The minimum atomic E-state index is -0.656. The molecule has 0 saturated heterocycles. The summed E-state index contributed by atoms with van der Waals surface area (Å²) >= 11 is 0. The van der Waals surface area contributed by atoms with E-state index >= 15 is 0 Å². The highest BCUT2D eigenvalue weighted by atomic mass is 16.3. The Kier molecular flexibility index (Phi) is 7.75. The highest BCUT2D eigenvalue weighted by molar-refractivity contribution is 6.07. The zero-order valence-electron chi connectivity index (χ0n) is 31.2. The molecule has 0 fully saturated rings. The minimum Gasteiger partial charge on any atom is -0.456 e. The second kappa shape index (κ2) is 13.4. The summed E-state index contributed by atoms with van der Waals surface area (Å²) in [6, 6.07) is 81.1. The molecular weight excluding hydrogens is 691 g/mol. The molecule has 268 valence electrons. The van der Waals surface area contributed by atoms with Gasteiger partial charge in [-0.15, -0.1) is 0 Å².